The molecule has 0 radical (unpaired) electrons. The molecule has 0 amide bonds. The van der Waals surface area contributed by atoms with Gasteiger partial charge in [0.2, 0.25) is 0 Å². The molecule has 1 aromatic carbocycles. The Hall–Kier alpha value is -1.60. The molecular formula is C14H15BrN2O3S. The zero-order chi connectivity index (χ0) is 15.6. The molecular weight excluding hydrogens is 356 g/mol. The van der Waals surface area contributed by atoms with Gasteiger partial charge in [0.25, 0.3) is 10.0 Å². The molecule has 1 heterocycles. The molecule has 0 atom stereocenters. The number of aromatic nitrogens is 1. The SMILES string of the molecule is COc1cc(C)c(Br)cc1S(=O)(=O)Nc1ncccc1C. The highest BCUT2D eigenvalue weighted by molar-refractivity contribution is 9.10. The first kappa shape index (κ1) is 15.8. The predicted octanol–water partition coefficient (Wildman–Crippen LogP) is 3.27. The van der Waals surface area contributed by atoms with Crippen LogP contribution < -0.4 is 9.46 Å². The second-order valence-corrected chi connectivity index (χ2v) is 7.03. The highest BCUT2D eigenvalue weighted by Gasteiger charge is 2.22. The van der Waals surface area contributed by atoms with E-state index in [1.165, 1.54) is 19.4 Å². The lowest BCUT2D eigenvalue weighted by molar-refractivity contribution is 0.402. The number of pyridine rings is 1. The van der Waals surface area contributed by atoms with Crippen LogP contribution in [0.3, 0.4) is 0 Å². The summed E-state index contributed by atoms with van der Waals surface area (Å²) in [5.41, 5.74) is 1.63. The van der Waals surface area contributed by atoms with Gasteiger partial charge in [0.1, 0.15) is 16.5 Å². The summed E-state index contributed by atoms with van der Waals surface area (Å²) in [6.45, 7) is 3.65. The number of benzene rings is 1. The smallest absolute Gasteiger partial charge is 0.266 e. The van der Waals surface area contributed by atoms with E-state index in [1.54, 1.807) is 25.1 Å². The van der Waals surface area contributed by atoms with E-state index in [9.17, 15) is 8.42 Å². The molecule has 0 aliphatic heterocycles. The lowest BCUT2D eigenvalue weighted by atomic mass is 10.2. The molecule has 0 aliphatic rings. The van der Waals surface area contributed by atoms with Crippen LogP contribution in [-0.2, 0) is 10.0 Å². The van der Waals surface area contributed by atoms with Crippen molar-refractivity contribution in [3.63, 3.8) is 0 Å². The van der Waals surface area contributed by atoms with Crippen LogP contribution in [0.2, 0.25) is 0 Å². The Bertz CT molecular complexity index is 776. The Labute approximate surface area is 132 Å². The summed E-state index contributed by atoms with van der Waals surface area (Å²) in [6.07, 6.45) is 1.53. The van der Waals surface area contributed by atoms with Crippen molar-refractivity contribution < 1.29 is 13.2 Å². The van der Waals surface area contributed by atoms with Gasteiger partial charge in [-0.2, -0.15) is 0 Å². The second-order valence-electron chi connectivity index (χ2n) is 4.53. The lowest BCUT2D eigenvalue weighted by Gasteiger charge is -2.13. The first-order chi connectivity index (χ1) is 9.85. The molecule has 0 unspecified atom stereocenters. The fourth-order valence-electron chi connectivity index (χ4n) is 1.78. The molecule has 0 bridgehead atoms. The van der Waals surface area contributed by atoms with Crippen molar-refractivity contribution in [2.75, 3.05) is 11.8 Å². The average molecular weight is 371 g/mol. The van der Waals surface area contributed by atoms with Crippen LogP contribution in [0.4, 0.5) is 5.82 Å². The molecule has 1 aromatic heterocycles. The average Bonchev–Trinajstić information content (AvgIpc) is 2.43. The van der Waals surface area contributed by atoms with Gasteiger partial charge >= 0.3 is 0 Å². The molecule has 0 saturated heterocycles. The van der Waals surface area contributed by atoms with Gasteiger partial charge < -0.3 is 4.74 Å². The Morgan fingerprint density at radius 2 is 1.95 bits per heavy atom. The van der Waals surface area contributed by atoms with Crippen LogP contribution in [0.15, 0.2) is 39.8 Å². The number of methoxy groups -OCH3 is 1. The maximum absolute atomic E-state index is 12.5. The summed E-state index contributed by atoms with van der Waals surface area (Å²) < 4.78 is 33.4. The predicted molar refractivity (Wildman–Crippen MR) is 85.2 cm³/mol. The Balaban J connectivity index is 2.50. The molecule has 7 heteroatoms. The molecule has 0 spiro atoms. The van der Waals surface area contributed by atoms with Crippen molar-refractivity contribution in [1.29, 1.82) is 0 Å². The van der Waals surface area contributed by atoms with Gasteiger partial charge in [-0.3, -0.25) is 4.72 Å². The number of halogens is 1. The van der Waals surface area contributed by atoms with Crippen LogP contribution in [0.1, 0.15) is 11.1 Å². The summed E-state index contributed by atoms with van der Waals surface area (Å²) >= 11 is 3.34. The maximum Gasteiger partial charge on any atom is 0.266 e. The molecule has 2 rings (SSSR count). The minimum atomic E-state index is -3.79. The number of hydrogen-bond acceptors (Lipinski definition) is 4. The van der Waals surface area contributed by atoms with E-state index < -0.39 is 10.0 Å². The highest BCUT2D eigenvalue weighted by atomic mass is 79.9. The quantitative estimate of drug-likeness (QED) is 0.896. The van der Waals surface area contributed by atoms with Crippen molar-refractivity contribution in [2.24, 2.45) is 0 Å². The Morgan fingerprint density at radius 3 is 2.57 bits per heavy atom. The van der Waals surface area contributed by atoms with Gasteiger partial charge in [0, 0.05) is 10.7 Å². The second kappa shape index (κ2) is 6.03. The number of ether oxygens (including phenoxy) is 1. The van der Waals surface area contributed by atoms with Crippen molar-refractivity contribution in [1.82, 2.24) is 4.98 Å². The van der Waals surface area contributed by atoms with Gasteiger partial charge in [0.15, 0.2) is 0 Å². The first-order valence-corrected chi connectivity index (χ1v) is 8.41. The van der Waals surface area contributed by atoms with Crippen molar-refractivity contribution >= 4 is 31.8 Å². The van der Waals surface area contributed by atoms with Crippen LogP contribution >= 0.6 is 15.9 Å². The van der Waals surface area contributed by atoms with E-state index in [0.29, 0.717) is 10.3 Å². The summed E-state index contributed by atoms with van der Waals surface area (Å²) in [5.74, 6) is 0.591. The monoisotopic (exact) mass is 370 g/mol. The van der Waals surface area contributed by atoms with Gasteiger partial charge in [-0.1, -0.05) is 22.0 Å². The Morgan fingerprint density at radius 1 is 1.24 bits per heavy atom. The zero-order valence-electron chi connectivity index (χ0n) is 11.8. The van der Waals surface area contributed by atoms with E-state index in [1.807, 2.05) is 6.92 Å². The normalized spacial score (nSPS) is 11.2. The van der Waals surface area contributed by atoms with Crippen LogP contribution in [0.25, 0.3) is 0 Å². The summed E-state index contributed by atoms with van der Waals surface area (Å²) in [6, 6.07) is 6.72. The molecule has 0 aliphatic carbocycles. The lowest BCUT2D eigenvalue weighted by Crippen LogP contribution is -2.16. The molecule has 0 fully saturated rings. The summed E-state index contributed by atoms with van der Waals surface area (Å²) in [5, 5.41) is 0. The van der Waals surface area contributed by atoms with E-state index in [-0.39, 0.29) is 10.6 Å². The molecule has 0 saturated carbocycles. The summed E-state index contributed by atoms with van der Waals surface area (Å²) in [4.78, 5) is 4.10. The standard InChI is InChI=1S/C14H15BrN2O3S/c1-9-5-4-6-16-14(9)17-21(18,19)13-8-11(15)10(2)7-12(13)20-3/h4-8H,1-3H3,(H,16,17). The largest absolute Gasteiger partial charge is 0.495 e. The number of sulfonamides is 1. The third-order valence-electron chi connectivity index (χ3n) is 2.97. The minimum absolute atomic E-state index is 0.0625. The first-order valence-electron chi connectivity index (χ1n) is 6.13. The highest BCUT2D eigenvalue weighted by Crippen LogP contribution is 2.31. The van der Waals surface area contributed by atoms with Gasteiger partial charge in [-0.05, 0) is 43.2 Å². The van der Waals surface area contributed by atoms with E-state index in [2.05, 4.69) is 25.6 Å². The number of anilines is 1. The molecule has 5 nitrogen and oxygen atoms in total. The van der Waals surface area contributed by atoms with E-state index in [4.69, 9.17) is 4.74 Å². The molecule has 21 heavy (non-hydrogen) atoms. The van der Waals surface area contributed by atoms with Crippen molar-refractivity contribution in [2.45, 2.75) is 18.7 Å². The number of aryl methyl sites for hydroxylation is 2. The van der Waals surface area contributed by atoms with E-state index in [0.717, 1.165) is 11.1 Å². The van der Waals surface area contributed by atoms with Crippen LogP contribution in [0, 0.1) is 13.8 Å². The fourth-order valence-corrected chi connectivity index (χ4v) is 3.53. The molecule has 2 aromatic rings. The number of nitrogens with one attached hydrogen (secondary N) is 1. The van der Waals surface area contributed by atoms with Gasteiger partial charge in [-0.15, -0.1) is 0 Å². The van der Waals surface area contributed by atoms with Crippen molar-refractivity contribution in [3.8, 4) is 5.75 Å². The fraction of sp³-hybridized carbons (Fsp3) is 0.214. The third kappa shape index (κ3) is 3.36. The maximum atomic E-state index is 12.5. The summed E-state index contributed by atoms with van der Waals surface area (Å²) in [7, 11) is -2.35. The Kier molecular flexibility index (Phi) is 4.53. The van der Waals surface area contributed by atoms with Crippen LogP contribution in [-0.4, -0.2) is 20.5 Å². The third-order valence-corrected chi connectivity index (χ3v) is 5.19. The van der Waals surface area contributed by atoms with Crippen LogP contribution in [0.5, 0.6) is 5.75 Å². The van der Waals surface area contributed by atoms with Gasteiger partial charge in [-0.25, -0.2) is 13.4 Å². The topological polar surface area (TPSA) is 68.3 Å². The van der Waals surface area contributed by atoms with Gasteiger partial charge in [0.05, 0.1) is 7.11 Å². The number of hydrogen-bond donors (Lipinski definition) is 1. The number of nitrogens with zero attached hydrogens (tertiary/aromatic N) is 1. The van der Waals surface area contributed by atoms with E-state index >= 15 is 0 Å². The zero-order valence-corrected chi connectivity index (χ0v) is 14.2. The molecule has 1 N–H and O–H groups in total. The number of rotatable bonds is 4. The molecule has 112 valence electrons. The van der Waals surface area contributed by atoms with Crippen molar-refractivity contribution in [3.05, 3.63) is 46.1 Å². The minimum Gasteiger partial charge on any atom is -0.495 e.